The highest BCUT2D eigenvalue weighted by atomic mass is 16.2. The summed E-state index contributed by atoms with van der Waals surface area (Å²) in [7, 11) is 0. The second-order valence-corrected chi connectivity index (χ2v) is 8.30. The highest BCUT2D eigenvalue weighted by Crippen LogP contribution is 2.29. The lowest BCUT2D eigenvalue weighted by Crippen LogP contribution is -2.29. The van der Waals surface area contributed by atoms with Gasteiger partial charge >= 0.3 is 0 Å². The number of rotatable bonds is 6. The van der Waals surface area contributed by atoms with Crippen LogP contribution in [0.1, 0.15) is 20.7 Å². The smallest absolute Gasteiger partial charge is 0.273 e. The highest BCUT2D eigenvalue weighted by Gasteiger charge is 2.14. The lowest BCUT2D eigenvalue weighted by molar-refractivity contribution is -0.104. The molecule has 0 bridgehead atoms. The van der Waals surface area contributed by atoms with E-state index in [0.717, 1.165) is 33.4 Å². The summed E-state index contributed by atoms with van der Waals surface area (Å²) in [6.07, 6.45) is 0.747. The van der Waals surface area contributed by atoms with Gasteiger partial charge in [-0.05, 0) is 57.6 Å². The number of carbonyl (C=O) groups is 3. The van der Waals surface area contributed by atoms with Gasteiger partial charge in [0.1, 0.15) is 0 Å². The van der Waals surface area contributed by atoms with Gasteiger partial charge < -0.3 is 0 Å². The van der Waals surface area contributed by atoms with Crippen molar-refractivity contribution in [3.8, 4) is 33.4 Å². The minimum absolute atomic E-state index is 0.0754. The molecule has 6 nitrogen and oxygen atoms in total. The summed E-state index contributed by atoms with van der Waals surface area (Å²) < 4.78 is 0. The Balaban J connectivity index is 1.42. The van der Waals surface area contributed by atoms with Crippen molar-refractivity contribution in [2.75, 3.05) is 0 Å². The molecule has 5 rings (SSSR count). The Hall–Kier alpha value is -5.10. The predicted molar refractivity (Wildman–Crippen MR) is 137 cm³/mol. The number of aldehydes is 2. The number of hydrogen-bond acceptors (Lipinski definition) is 6. The lowest BCUT2D eigenvalue weighted by Gasteiger charge is -2.08. The van der Waals surface area contributed by atoms with Crippen molar-refractivity contribution < 1.29 is 14.4 Å². The first-order valence-corrected chi connectivity index (χ1v) is 11.0. The summed E-state index contributed by atoms with van der Waals surface area (Å²) in [6, 6.07) is 24.9. The Morgan fingerprint density at radius 2 is 0.944 bits per heavy atom. The minimum Gasteiger partial charge on any atom is -0.298 e. The van der Waals surface area contributed by atoms with Gasteiger partial charge in [-0.3, -0.25) is 28.8 Å². The zero-order valence-corrected chi connectivity index (χ0v) is 18.7. The van der Waals surface area contributed by atoms with Gasteiger partial charge in [0.05, 0.1) is 0 Å². The summed E-state index contributed by atoms with van der Waals surface area (Å²) in [5, 5.41) is 0.291. The number of hydrogen-bond donors (Lipinski definition) is 0. The molecule has 0 radical (unpaired) electrons. The number of ketones is 1. The predicted octanol–water partition coefficient (Wildman–Crippen LogP) is 3.99. The van der Waals surface area contributed by atoms with Gasteiger partial charge in [-0.2, -0.15) is 0 Å². The third kappa shape index (κ3) is 3.80. The van der Waals surface area contributed by atoms with Crippen LogP contribution in [0.25, 0.3) is 44.2 Å². The van der Waals surface area contributed by atoms with Crippen molar-refractivity contribution in [3.63, 3.8) is 0 Å². The molecule has 0 heterocycles. The minimum atomic E-state index is -0.992. The van der Waals surface area contributed by atoms with Gasteiger partial charge in [0.25, 0.3) is 5.43 Å². The van der Waals surface area contributed by atoms with E-state index in [0.29, 0.717) is 6.29 Å². The summed E-state index contributed by atoms with van der Waals surface area (Å²) >= 11 is 0. The van der Waals surface area contributed by atoms with Crippen LogP contribution in [0.2, 0.25) is 0 Å². The van der Waals surface area contributed by atoms with Gasteiger partial charge in [-0.25, -0.2) is 0 Å². The second kappa shape index (κ2) is 8.92. The lowest BCUT2D eigenvalue weighted by atomic mass is 9.95. The molecule has 0 amide bonds. The van der Waals surface area contributed by atoms with E-state index in [4.69, 9.17) is 0 Å². The van der Waals surface area contributed by atoms with Gasteiger partial charge in [-0.15, -0.1) is 0 Å². The summed E-state index contributed by atoms with van der Waals surface area (Å²) in [5.74, 6) is -0.740. The first-order chi connectivity index (χ1) is 17.4. The molecule has 5 aromatic carbocycles. The molecule has 0 atom stereocenters. The van der Waals surface area contributed by atoms with Crippen LogP contribution in [0.15, 0.2) is 99.3 Å². The zero-order chi connectivity index (χ0) is 25.4. The SMILES string of the molecule is O=CC(=O)c1ccc(-c2ccc(-c3ccc(-c4ccc5c(=O)c(=O)c(=O)c5c4)cc3)cc2)cc1C=O. The van der Waals surface area contributed by atoms with Gasteiger partial charge in [-0.1, -0.05) is 60.7 Å². The van der Waals surface area contributed by atoms with Crippen LogP contribution < -0.4 is 16.3 Å². The normalized spacial score (nSPS) is 10.9. The van der Waals surface area contributed by atoms with Gasteiger partial charge in [0.2, 0.25) is 16.6 Å². The number of fused-ring (bicyclic) bond motifs is 1. The van der Waals surface area contributed by atoms with E-state index >= 15 is 0 Å². The molecule has 0 fully saturated rings. The molecule has 36 heavy (non-hydrogen) atoms. The van der Waals surface area contributed by atoms with Crippen molar-refractivity contribution in [1.29, 1.82) is 0 Å². The van der Waals surface area contributed by atoms with Crippen molar-refractivity contribution >= 4 is 29.1 Å². The van der Waals surface area contributed by atoms with E-state index in [9.17, 15) is 28.8 Å². The molecule has 5 aromatic rings. The molecule has 0 saturated carbocycles. The Morgan fingerprint density at radius 1 is 0.500 bits per heavy atom. The number of benzene rings is 4. The Morgan fingerprint density at radius 3 is 1.47 bits per heavy atom. The molecule has 0 saturated heterocycles. The standard InChI is InChI=1S/C30H16O6/c31-15-23-13-21(9-11-24(23)27(33)16-32)19-5-1-17(2-6-19)18-3-7-20(8-4-18)22-10-12-25-26(14-22)29(35)30(36)28(25)34/h1-16H. The quantitative estimate of drug-likeness (QED) is 0.210. The molecule has 0 aliphatic rings. The van der Waals surface area contributed by atoms with Crippen LogP contribution >= 0.6 is 0 Å². The van der Waals surface area contributed by atoms with E-state index in [2.05, 4.69) is 0 Å². The van der Waals surface area contributed by atoms with Crippen LogP contribution in [0.4, 0.5) is 0 Å². The Bertz CT molecular complexity index is 1820. The topological polar surface area (TPSA) is 102 Å². The van der Waals surface area contributed by atoms with E-state index in [1.54, 1.807) is 24.3 Å². The molecular weight excluding hydrogens is 456 g/mol. The maximum atomic E-state index is 12.0. The molecule has 0 spiro atoms. The number of Topliss-reactive ketones (excluding diaryl/α,β-unsaturated/α-hetero) is 1. The fourth-order valence-electron chi connectivity index (χ4n) is 4.30. The first kappa shape index (κ1) is 22.7. The second-order valence-electron chi connectivity index (χ2n) is 8.30. The summed E-state index contributed by atoms with van der Waals surface area (Å²) in [5.41, 5.74) is 2.78. The maximum Gasteiger partial charge on any atom is 0.273 e. The van der Waals surface area contributed by atoms with Crippen LogP contribution in [0, 0.1) is 0 Å². The zero-order valence-electron chi connectivity index (χ0n) is 18.7. The van der Waals surface area contributed by atoms with E-state index in [1.165, 1.54) is 12.1 Å². The van der Waals surface area contributed by atoms with Gasteiger partial charge in [0, 0.05) is 21.9 Å². The van der Waals surface area contributed by atoms with Crippen LogP contribution in [0.5, 0.6) is 0 Å². The van der Waals surface area contributed by atoms with E-state index in [-0.39, 0.29) is 28.2 Å². The maximum absolute atomic E-state index is 12.0. The molecular formula is C30H16O6. The van der Waals surface area contributed by atoms with Crippen LogP contribution in [0.3, 0.4) is 0 Å². The Kier molecular flexibility index (Phi) is 5.62. The summed E-state index contributed by atoms with van der Waals surface area (Å²) in [6.45, 7) is 0. The molecule has 0 aliphatic heterocycles. The molecule has 0 N–H and O–H groups in total. The van der Waals surface area contributed by atoms with Crippen LogP contribution in [-0.4, -0.2) is 18.4 Å². The van der Waals surface area contributed by atoms with Crippen molar-refractivity contribution in [3.05, 3.63) is 127 Å². The molecule has 0 aliphatic carbocycles. The van der Waals surface area contributed by atoms with E-state index < -0.39 is 22.1 Å². The first-order valence-electron chi connectivity index (χ1n) is 11.0. The molecule has 0 aromatic heterocycles. The van der Waals surface area contributed by atoms with E-state index in [1.807, 2.05) is 48.5 Å². The molecule has 6 heteroatoms. The average molecular weight is 472 g/mol. The molecule has 172 valence electrons. The fourth-order valence-corrected chi connectivity index (χ4v) is 4.30. The summed E-state index contributed by atoms with van der Waals surface area (Å²) in [4.78, 5) is 69.4. The van der Waals surface area contributed by atoms with Gasteiger partial charge in [0.15, 0.2) is 12.6 Å². The van der Waals surface area contributed by atoms with Crippen molar-refractivity contribution in [2.45, 2.75) is 0 Å². The number of carbonyl (C=O) groups excluding carboxylic acids is 3. The highest BCUT2D eigenvalue weighted by molar-refractivity contribution is 6.34. The largest absolute Gasteiger partial charge is 0.298 e. The average Bonchev–Trinajstić information content (AvgIpc) is 3.15. The Labute approximate surface area is 203 Å². The van der Waals surface area contributed by atoms with Crippen molar-refractivity contribution in [2.24, 2.45) is 0 Å². The monoisotopic (exact) mass is 472 g/mol. The fraction of sp³-hybridized carbons (Fsp3) is 0. The molecule has 0 unspecified atom stereocenters. The van der Waals surface area contributed by atoms with Crippen LogP contribution in [-0.2, 0) is 4.79 Å². The third-order valence-corrected chi connectivity index (χ3v) is 6.24. The third-order valence-electron chi connectivity index (χ3n) is 6.24. The van der Waals surface area contributed by atoms with Crippen molar-refractivity contribution in [1.82, 2.24) is 0 Å².